The van der Waals surface area contributed by atoms with Gasteiger partial charge in [-0.25, -0.2) is 4.68 Å². The summed E-state index contributed by atoms with van der Waals surface area (Å²) >= 11 is 0. The molecule has 0 atom stereocenters. The maximum absolute atomic E-state index is 5.57. The molecule has 0 radical (unpaired) electrons. The molecule has 4 rings (SSSR count). The average molecular weight is 329 g/mol. The van der Waals surface area contributed by atoms with Gasteiger partial charge in [0.2, 0.25) is 0 Å². The van der Waals surface area contributed by atoms with E-state index in [-0.39, 0.29) is 0 Å². The second-order valence-electron chi connectivity index (χ2n) is 6.14. The van der Waals surface area contributed by atoms with Crippen LogP contribution in [0.25, 0.3) is 22.2 Å². The maximum Gasteiger partial charge on any atom is 0.126 e. The lowest BCUT2D eigenvalue weighted by Crippen LogP contribution is -2.02. The van der Waals surface area contributed by atoms with Crippen molar-refractivity contribution >= 4 is 11.0 Å². The van der Waals surface area contributed by atoms with Gasteiger partial charge in [0.15, 0.2) is 0 Å². The summed E-state index contributed by atoms with van der Waals surface area (Å²) in [5, 5.41) is 8.51. The molecule has 4 heteroatoms. The summed E-state index contributed by atoms with van der Waals surface area (Å²) < 4.78 is 7.49. The molecule has 0 aliphatic carbocycles. The van der Waals surface area contributed by atoms with Crippen molar-refractivity contribution in [1.29, 1.82) is 0 Å². The summed E-state index contributed by atoms with van der Waals surface area (Å²) in [7, 11) is 1.71. The van der Waals surface area contributed by atoms with Crippen molar-refractivity contribution in [3.63, 3.8) is 0 Å². The Hall–Kier alpha value is -3.14. The van der Waals surface area contributed by atoms with Crippen LogP contribution in [-0.2, 0) is 6.54 Å². The van der Waals surface area contributed by atoms with Crippen LogP contribution >= 0.6 is 0 Å². The SMILES string of the molecule is COc1ccc(Cn2nnc3ccccc32)cc1-c1cccc(C)c1. The Labute approximate surface area is 146 Å². The highest BCUT2D eigenvalue weighted by atomic mass is 16.5. The minimum atomic E-state index is 0.670. The number of aryl methyl sites for hydroxylation is 1. The average Bonchev–Trinajstić information content (AvgIpc) is 3.05. The first-order chi connectivity index (χ1) is 12.2. The van der Waals surface area contributed by atoms with Gasteiger partial charge in [-0.1, -0.05) is 53.2 Å². The Morgan fingerprint density at radius 3 is 2.68 bits per heavy atom. The minimum Gasteiger partial charge on any atom is -0.496 e. The van der Waals surface area contributed by atoms with Gasteiger partial charge in [0.25, 0.3) is 0 Å². The van der Waals surface area contributed by atoms with Crippen LogP contribution < -0.4 is 4.74 Å². The van der Waals surface area contributed by atoms with Gasteiger partial charge in [0.05, 0.1) is 19.2 Å². The number of methoxy groups -OCH3 is 1. The lowest BCUT2D eigenvalue weighted by Gasteiger charge is -2.12. The third-order valence-electron chi connectivity index (χ3n) is 4.35. The fourth-order valence-electron chi connectivity index (χ4n) is 3.10. The van der Waals surface area contributed by atoms with Crippen molar-refractivity contribution in [2.24, 2.45) is 0 Å². The fourth-order valence-corrected chi connectivity index (χ4v) is 3.10. The number of hydrogen-bond acceptors (Lipinski definition) is 3. The van der Waals surface area contributed by atoms with E-state index in [0.29, 0.717) is 6.54 Å². The van der Waals surface area contributed by atoms with Gasteiger partial charge in [-0.3, -0.25) is 0 Å². The normalized spacial score (nSPS) is 11.0. The van der Waals surface area contributed by atoms with E-state index in [1.807, 2.05) is 35.0 Å². The summed E-state index contributed by atoms with van der Waals surface area (Å²) in [5.41, 5.74) is 6.58. The molecular weight excluding hydrogens is 310 g/mol. The summed E-state index contributed by atoms with van der Waals surface area (Å²) in [6.07, 6.45) is 0. The topological polar surface area (TPSA) is 39.9 Å². The number of hydrogen-bond donors (Lipinski definition) is 0. The number of ether oxygens (including phenoxy) is 1. The van der Waals surface area contributed by atoms with Crippen LogP contribution in [0.2, 0.25) is 0 Å². The zero-order valence-electron chi connectivity index (χ0n) is 14.3. The number of rotatable bonds is 4. The lowest BCUT2D eigenvalue weighted by atomic mass is 10.00. The van der Waals surface area contributed by atoms with Crippen molar-refractivity contribution in [2.75, 3.05) is 7.11 Å². The van der Waals surface area contributed by atoms with Crippen molar-refractivity contribution in [2.45, 2.75) is 13.5 Å². The van der Waals surface area contributed by atoms with Crippen LogP contribution in [0, 0.1) is 6.92 Å². The number of para-hydroxylation sites is 1. The molecule has 1 heterocycles. The number of benzene rings is 3. The quantitative estimate of drug-likeness (QED) is 0.555. The summed E-state index contributed by atoms with van der Waals surface area (Å²) in [6, 6.07) is 22.7. The standard InChI is InChI=1S/C21H19N3O/c1-15-6-5-7-17(12-15)18-13-16(10-11-21(18)25-2)14-24-20-9-4-3-8-19(20)22-23-24/h3-13H,14H2,1-2H3. The van der Waals surface area contributed by atoms with Gasteiger partial charge in [-0.05, 0) is 42.3 Å². The van der Waals surface area contributed by atoms with Gasteiger partial charge < -0.3 is 4.74 Å². The zero-order valence-corrected chi connectivity index (χ0v) is 14.3. The molecule has 1 aromatic heterocycles. The molecule has 0 spiro atoms. The third-order valence-corrected chi connectivity index (χ3v) is 4.35. The van der Waals surface area contributed by atoms with E-state index in [4.69, 9.17) is 4.74 Å². The first-order valence-electron chi connectivity index (χ1n) is 8.27. The van der Waals surface area contributed by atoms with E-state index in [1.165, 1.54) is 5.56 Å². The molecule has 4 aromatic rings. The van der Waals surface area contributed by atoms with Crippen LogP contribution in [0.5, 0.6) is 5.75 Å². The van der Waals surface area contributed by atoms with Crippen LogP contribution in [0.1, 0.15) is 11.1 Å². The van der Waals surface area contributed by atoms with E-state index in [9.17, 15) is 0 Å². The zero-order chi connectivity index (χ0) is 17.2. The van der Waals surface area contributed by atoms with E-state index in [0.717, 1.165) is 33.5 Å². The molecule has 0 aliphatic rings. The minimum absolute atomic E-state index is 0.670. The molecule has 0 saturated heterocycles. The second kappa shape index (κ2) is 6.40. The Bertz CT molecular complexity index is 1040. The van der Waals surface area contributed by atoms with E-state index in [2.05, 4.69) is 53.6 Å². The molecule has 0 saturated carbocycles. The highest BCUT2D eigenvalue weighted by Crippen LogP contribution is 2.31. The molecular formula is C21H19N3O. The van der Waals surface area contributed by atoms with Crippen molar-refractivity contribution < 1.29 is 4.74 Å². The lowest BCUT2D eigenvalue weighted by molar-refractivity contribution is 0.416. The molecule has 0 bridgehead atoms. The van der Waals surface area contributed by atoms with Crippen LogP contribution in [0.3, 0.4) is 0 Å². The van der Waals surface area contributed by atoms with Crippen molar-refractivity contribution in [3.05, 3.63) is 77.9 Å². The van der Waals surface area contributed by atoms with Crippen LogP contribution in [-0.4, -0.2) is 22.1 Å². The Kier molecular flexibility index (Phi) is 3.94. The number of fused-ring (bicyclic) bond motifs is 1. The van der Waals surface area contributed by atoms with Crippen LogP contribution in [0.4, 0.5) is 0 Å². The molecule has 25 heavy (non-hydrogen) atoms. The second-order valence-corrected chi connectivity index (χ2v) is 6.14. The monoisotopic (exact) mass is 329 g/mol. The fraction of sp³-hybridized carbons (Fsp3) is 0.143. The highest BCUT2D eigenvalue weighted by molar-refractivity contribution is 5.74. The van der Waals surface area contributed by atoms with Gasteiger partial charge in [-0.15, -0.1) is 5.10 Å². The molecule has 0 N–H and O–H groups in total. The van der Waals surface area contributed by atoms with Crippen molar-refractivity contribution in [3.8, 4) is 16.9 Å². The highest BCUT2D eigenvalue weighted by Gasteiger charge is 2.10. The Balaban J connectivity index is 1.75. The Morgan fingerprint density at radius 1 is 0.960 bits per heavy atom. The number of nitrogens with zero attached hydrogens (tertiary/aromatic N) is 3. The molecule has 124 valence electrons. The summed E-state index contributed by atoms with van der Waals surface area (Å²) in [4.78, 5) is 0. The van der Waals surface area contributed by atoms with Crippen LogP contribution in [0.15, 0.2) is 66.7 Å². The predicted molar refractivity (Wildman–Crippen MR) is 99.8 cm³/mol. The molecule has 0 fully saturated rings. The van der Waals surface area contributed by atoms with E-state index >= 15 is 0 Å². The molecule has 0 aliphatic heterocycles. The molecule has 4 nitrogen and oxygen atoms in total. The maximum atomic E-state index is 5.57. The largest absolute Gasteiger partial charge is 0.496 e. The molecule has 0 unspecified atom stereocenters. The first-order valence-corrected chi connectivity index (χ1v) is 8.27. The van der Waals surface area contributed by atoms with Gasteiger partial charge >= 0.3 is 0 Å². The summed E-state index contributed by atoms with van der Waals surface area (Å²) in [5.74, 6) is 0.873. The smallest absolute Gasteiger partial charge is 0.126 e. The Morgan fingerprint density at radius 2 is 1.84 bits per heavy atom. The van der Waals surface area contributed by atoms with E-state index < -0.39 is 0 Å². The summed E-state index contributed by atoms with van der Waals surface area (Å²) in [6.45, 7) is 2.77. The van der Waals surface area contributed by atoms with E-state index in [1.54, 1.807) is 7.11 Å². The van der Waals surface area contributed by atoms with Gasteiger partial charge in [0, 0.05) is 5.56 Å². The number of aromatic nitrogens is 3. The van der Waals surface area contributed by atoms with Gasteiger partial charge in [-0.2, -0.15) is 0 Å². The first kappa shape index (κ1) is 15.4. The predicted octanol–water partition coefficient (Wildman–Crippen LogP) is 4.46. The van der Waals surface area contributed by atoms with Gasteiger partial charge in [0.1, 0.15) is 11.3 Å². The molecule has 0 amide bonds. The molecule has 3 aromatic carbocycles. The van der Waals surface area contributed by atoms with Crippen molar-refractivity contribution in [1.82, 2.24) is 15.0 Å². The third kappa shape index (κ3) is 2.98.